The van der Waals surface area contributed by atoms with Crippen LogP contribution in [0.4, 0.5) is 14.6 Å². The van der Waals surface area contributed by atoms with Crippen LogP contribution in [0.5, 0.6) is 11.8 Å². The lowest BCUT2D eigenvalue weighted by Gasteiger charge is -2.34. The van der Waals surface area contributed by atoms with E-state index in [2.05, 4.69) is 25.3 Å². The van der Waals surface area contributed by atoms with Crippen LogP contribution in [0.1, 0.15) is 47.3 Å². The lowest BCUT2D eigenvalue weighted by Crippen LogP contribution is -2.51. The number of nitrogens with zero attached hydrogens (tertiary/aromatic N) is 6. The minimum atomic E-state index is -2.35. The van der Waals surface area contributed by atoms with Crippen molar-refractivity contribution in [3.8, 4) is 17.4 Å². The first kappa shape index (κ1) is 25.4. The molecule has 8 rings (SSSR count). The van der Waals surface area contributed by atoms with Crippen LogP contribution in [-0.2, 0) is 6.42 Å². The third kappa shape index (κ3) is 4.41. The van der Waals surface area contributed by atoms with Gasteiger partial charge in [0.1, 0.15) is 35.6 Å². The molecule has 0 radical (unpaired) electrons. The van der Waals surface area contributed by atoms with E-state index in [1.165, 1.54) is 24.4 Å². The molecule has 10 nitrogen and oxygen atoms in total. The summed E-state index contributed by atoms with van der Waals surface area (Å²) in [6.45, 7) is 1.42. The van der Waals surface area contributed by atoms with Crippen molar-refractivity contribution in [1.82, 2.24) is 30.0 Å². The van der Waals surface area contributed by atoms with Crippen LogP contribution in [0.2, 0.25) is 0 Å². The van der Waals surface area contributed by atoms with Gasteiger partial charge in [0.2, 0.25) is 0 Å². The highest BCUT2D eigenvalue weighted by atomic mass is 19.1. The lowest BCUT2D eigenvalue weighted by molar-refractivity contribution is 0.107. The van der Waals surface area contributed by atoms with E-state index in [9.17, 15) is 18.7 Å². The Balaban J connectivity index is 1.31. The molecule has 4 fully saturated rings. The third-order valence-corrected chi connectivity index (χ3v) is 9.77. The SMILES string of the molecule is [2H]C([2H])(Oc1nc(N2C[C@H]3CC[C@@H](C2)N3)c2cnn(-c3cc(O)cc4ccc(F)c(CC)c34)c(=O)c2n1)[C@@]12CCCN1C[C@H](F)C2. The molecule has 4 atom stereocenters. The van der Waals surface area contributed by atoms with Crippen LogP contribution >= 0.6 is 0 Å². The summed E-state index contributed by atoms with van der Waals surface area (Å²) in [5.41, 5.74) is -1.32. The Morgan fingerprint density at radius 3 is 2.82 bits per heavy atom. The molecule has 2 bridgehead atoms. The molecule has 0 saturated carbocycles. The van der Waals surface area contributed by atoms with E-state index in [0.717, 1.165) is 23.9 Å². The lowest BCUT2D eigenvalue weighted by atomic mass is 9.95. The minimum Gasteiger partial charge on any atom is -0.508 e. The maximum Gasteiger partial charge on any atom is 0.319 e. The number of ether oxygens (including phenoxy) is 1. The molecule has 4 aliphatic rings. The zero-order chi connectivity index (χ0) is 32.0. The van der Waals surface area contributed by atoms with Crippen LogP contribution in [0.3, 0.4) is 0 Å². The van der Waals surface area contributed by atoms with E-state index >= 15 is 0 Å². The number of aryl methyl sites for hydroxylation is 1. The zero-order valence-corrected chi connectivity index (χ0v) is 24.4. The molecule has 2 aromatic carbocycles. The summed E-state index contributed by atoms with van der Waals surface area (Å²) in [5.74, 6) is -0.151. The summed E-state index contributed by atoms with van der Waals surface area (Å²) in [4.78, 5) is 27.4. The number of alkyl halides is 1. The second kappa shape index (κ2) is 10.3. The van der Waals surface area contributed by atoms with Crippen LogP contribution < -0.4 is 20.5 Å². The summed E-state index contributed by atoms with van der Waals surface area (Å²) in [6, 6.07) is 5.90. The number of anilines is 1. The Labute approximate surface area is 255 Å². The van der Waals surface area contributed by atoms with Crippen LogP contribution in [0.25, 0.3) is 27.4 Å². The number of rotatable bonds is 6. The fourth-order valence-electron chi connectivity index (χ4n) is 7.80. The van der Waals surface area contributed by atoms with E-state index in [1.807, 2.05) is 11.8 Å². The molecular formula is C32H35F2N7O3. The fourth-order valence-corrected chi connectivity index (χ4v) is 7.80. The number of phenolic OH excluding ortho intramolecular Hbond substituents is 1. The van der Waals surface area contributed by atoms with E-state index in [0.29, 0.717) is 60.0 Å². The fraction of sp³-hybridized carbons (Fsp3) is 0.500. The van der Waals surface area contributed by atoms with Crippen molar-refractivity contribution in [2.45, 2.75) is 69.2 Å². The molecule has 4 saturated heterocycles. The van der Waals surface area contributed by atoms with Crippen LogP contribution in [0, 0.1) is 5.82 Å². The van der Waals surface area contributed by atoms with Gasteiger partial charge in [-0.05, 0) is 61.7 Å². The van der Waals surface area contributed by atoms with Crippen molar-refractivity contribution >= 4 is 27.5 Å². The summed E-state index contributed by atoms with van der Waals surface area (Å²) >= 11 is 0. The molecule has 0 unspecified atom stereocenters. The largest absolute Gasteiger partial charge is 0.508 e. The monoisotopic (exact) mass is 605 g/mol. The first-order valence-corrected chi connectivity index (χ1v) is 15.4. The number of piperazine rings is 1. The summed E-state index contributed by atoms with van der Waals surface area (Å²) in [7, 11) is 0. The van der Waals surface area contributed by atoms with Crippen molar-refractivity contribution in [1.29, 1.82) is 0 Å². The highest BCUT2D eigenvalue weighted by Gasteiger charge is 2.49. The number of hydrogen-bond donors (Lipinski definition) is 2. The summed E-state index contributed by atoms with van der Waals surface area (Å²) in [6.07, 6.45) is 3.81. The van der Waals surface area contributed by atoms with Crippen molar-refractivity contribution in [2.24, 2.45) is 0 Å². The smallest absolute Gasteiger partial charge is 0.319 e. The Kier molecular flexibility index (Phi) is 5.97. The highest BCUT2D eigenvalue weighted by molar-refractivity contribution is 5.95. The zero-order valence-electron chi connectivity index (χ0n) is 26.4. The summed E-state index contributed by atoms with van der Waals surface area (Å²) < 4.78 is 54.8. The highest BCUT2D eigenvalue weighted by Crippen LogP contribution is 2.40. The molecule has 230 valence electrons. The number of benzene rings is 2. The molecule has 44 heavy (non-hydrogen) atoms. The number of hydrogen-bond acceptors (Lipinski definition) is 9. The van der Waals surface area contributed by atoms with Gasteiger partial charge in [0.25, 0.3) is 5.56 Å². The number of fused-ring (bicyclic) bond motifs is 5. The Morgan fingerprint density at radius 1 is 1.20 bits per heavy atom. The number of halogens is 2. The first-order chi connectivity index (χ1) is 22.1. The van der Waals surface area contributed by atoms with Crippen LogP contribution in [0.15, 0.2) is 35.3 Å². The average molecular weight is 606 g/mol. The van der Waals surface area contributed by atoms with E-state index in [1.54, 1.807) is 6.07 Å². The predicted molar refractivity (Wildman–Crippen MR) is 162 cm³/mol. The Bertz CT molecular complexity index is 1930. The van der Waals surface area contributed by atoms with Crippen molar-refractivity contribution < 1.29 is 21.4 Å². The molecule has 0 spiro atoms. The molecule has 2 N–H and O–H groups in total. The molecule has 4 aromatic rings. The normalized spacial score (nSPS) is 27.6. The molecule has 12 heteroatoms. The molecular weight excluding hydrogens is 568 g/mol. The van der Waals surface area contributed by atoms with Crippen LogP contribution in [-0.4, -0.2) is 86.3 Å². The maximum atomic E-state index is 15.0. The average Bonchev–Trinajstić information content (AvgIpc) is 3.68. The van der Waals surface area contributed by atoms with Gasteiger partial charge in [0, 0.05) is 49.6 Å². The van der Waals surface area contributed by atoms with E-state index in [4.69, 9.17) is 7.48 Å². The molecule has 2 aromatic heterocycles. The molecule has 0 amide bonds. The number of phenols is 1. The van der Waals surface area contributed by atoms with Gasteiger partial charge in [-0.15, -0.1) is 0 Å². The van der Waals surface area contributed by atoms with Crippen molar-refractivity contribution in [2.75, 3.05) is 37.6 Å². The predicted octanol–water partition coefficient (Wildman–Crippen LogP) is 3.63. The quantitative estimate of drug-likeness (QED) is 0.341. The van der Waals surface area contributed by atoms with Gasteiger partial charge in [-0.1, -0.05) is 13.0 Å². The molecule has 6 heterocycles. The minimum absolute atomic E-state index is 0.000779. The van der Waals surface area contributed by atoms with E-state index in [-0.39, 0.29) is 48.0 Å². The number of nitrogens with one attached hydrogen (secondary N) is 1. The Hall–Kier alpha value is -3.90. The molecule has 4 aliphatic heterocycles. The summed E-state index contributed by atoms with van der Waals surface area (Å²) in [5, 5.41) is 20.0. The van der Waals surface area contributed by atoms with Gasteiger partial charge >= 0.3 is 6.01 Å². The van der Waals surface area contributed by atoms with Gasteiger partial charge in [0.15, 0.2) is 0 Å². The van der Waals surface area contributed by atoms with E-state index < -0.39 is 29.6 Å². The van der Waals surface area contributed by atoms with Gasteiger partial charge < -0.3 is 20.1 Å². The second-order valence-electron chi connectivity index (χ2n) is 12.5. The van der Waals surface area contributed by atoms with Gasteiger partial charge in [0.05, 0.1) is 25.6 Å². The van der Waals surface area contributed by atoms with Gasteiger partial charge in [-0.25, -0.2) is 8.78 Å². The topological polar surface area (TPSA) is 109 Å². The Morgan fingerprint density at radius 2 is 2.02 bits per heavy atom. The van der Waals surface area contributed by atoms with Crippen molar-refractivity contribution in [3.63, 3.8) is 0 Å². The maximum absolute atomic E-state index is 15.0. The molecule has 0 aliphatic carbocycles. The standard InChI is InChI=1S/C32H35F2N7O3/c1-2-23-25(34)7-4-18-10-22(42)11-26(27(18)23)41-30(43)28-24(13-35-41)29(39-15-20-5-6-21(16-39)36-20)38-31(37-28)44-17-32-8-3-9-40(32)14-19(33)12-32/h4,7,10-11,13,19-21,36,42H,2-3,5-6,8-9,12,14-17H2,1H3/t19-,20-,21+,32+/m1/s1/i17D2. The second-order valence-corrected chi connectivity index (χ2v) is 12.5. The third-order valence-electron chi connectivity index (χ3n) is 9.77. The first-order valence-electron chi connectivity index (χ1n) is 16.4. The van der Waals surface area contributed by atoms with Gasteiger partial charge in [-0.3, -0.25) is 9.69 Å². The number of aromatic hydroxyl groups is 1. The van der Waals surface area contributed by atoms with Gasteiger partial charge in [-0.2, -0.15) is 19.7 Å². The number of aromatic nitrogens is 4. The van der Waals surface area contributed by atoms with Crippen molar-refractivity contribution in [3.05, 3.63) is 52.2 Å².